The first kappa shape index (κ1) is 13.5. The molecule has 0 aliphatic rings. The Hall–Kier alpha value is -2.18. The van der Waals surface area contributed by atoms with E-state index in [2.05, 4.69) is 31.1 Å². The third kappa shape index (κ3) is 2.30. The second kappa shape index (κ2) is 5.23. The Labute approximate surface area is 138 Å². The van der Waals surface area contributed by atoms with Crippen LogP contribution in [-0.4, -0.2) is 19.5 Å². The zero-order valence-corrected chi connectivity index (χ0v) is 13.4. The lowest BCUT2D eigenvalue weighted by Crippen LogP contribution is -1.88. The molecule has 0 amide bonds. The summed E-state index contributed by atoms with van der Waals surface area (Å²) in [5, 5.41) is 4.64. The van der Waals surface area contributed by atoms with Crippen LogP contribution in [0.1, 0.15) is 0 Å². The van der Waals surface area contributed by atoms with Crippen molar-refractivity contribution in [1.29, 1.82) is 0 Å². The van der Waals surface area contributed by atoms with Gasteiger partial charge in [-0.3, -0.25) is 4.40 Å². The van der Waals surface area contributed by atoms with Gasteiger partial charge in [0.2, 0.25) is 5.82 Å². The van der Waals surface area contributed by atoms with Crippen molar-refractivity contribution in [2.75, 3.05) is 0 Å². The molecule has 22 heavy (non-hydrogen) atoms. The van der Waals surface area contributed by atoms with Crippen LogP contribution in [-0.2, 0) is 0 Å². The van der Waals surface area contributed by atoms with Gasteiger partial charge < -0.3 is 4.52 Å². The van der Waals surface area contributed by atoms with Gasteiger partial charge in [0.05, 0.1) is 11.2 Å². The molecule has 0 aliphatic heterocycles. The normalized spacial score (nSPS) is 11.2. The van der Waals surface area contributed by atoms with Crippen molar-refractivity contribution >= 4 is 33.2 Å². The number of hydrogen-bond donors (Lipinski definition) is 0. The third-order valence-corrected chi connectivity index (χ3v) is 3.97. The molecule has 3 aromatic heterocycles. The number of imidazole rings is 1. The maximum atomic E-state index is 6.03. The second-order valence-electron chi connectivity index (χ2n) is 4.65. The molecule has 4 aromatic rings. The molecular formula is C15H8BrClN4O. The molecular weight excluding hydrogens is 368 g/mol. The van der Waals surface area contributed by atoms with Crippen LogP contribution in [0.4, 0.5) is 0 Å². The predicted octanol–water partition coefficient (Wildman–Crippen LogP) is 4.47. The number of halogens is 2. The van der Waals surface area contributed by atoms with Crippen molar-refractivity contribution in [2.45, 2.75) is 0 Å². The van der Waals surface area contributed by atoms with E-state index in [1.165, 1.54) is 0 Å². The number of hydrogen-bond acceptors (Lipinski definition) is 4. The Morgan fingerprint density at radius 3 is 2.73 bits per heavy atom. The van der Waals surface area contributed by atoms with E-state index in [0.29, 0.717) is 22.4 Å². The molecule has 1 aromatic carbocycles. The first-order valence-electron chi connectivity index (χ1n) is 6.43. The first-order chi connectivity index (χ1) is 10.7. The topological polar surface area (TPSA) is 56.2 Å². The lowest BCUT2D eigenvalue weighted by atomic mass is 10.2. The van der Waals surface area contributed by atoms with E-state index in [4.69, 9.17) is 16.1 Å². The lowest BCUT2D eigenvalue weighted by Gasteiger charge is -1.97. The summed E-state index contributed by atoms with van der Waals surface area (Å²) in [6, 6.07) is 11.3. The molecule has 3 heterocycles. The third-order valence-electron chi connectivity index (χ3n) is 3.22. The van der Waals surface area contributed by atoms with E-state index >= 15 is 0 Å². The fraction of sp³-hybridized carbons (Fsp3) is 0. The van der Waals surface area contributed by atoms with Gasteiger partial charge in [-0.15, -0.1) is 0 Å². The Bertz CT molecular complexity index is 961. The Kier molecular flexibility index (Phi) is 3.20. The molecule has 0 spiro atoms. The van der Waals surface area contributed by atoms with Gasteiger partial charge in [0.15, 0.2) is 0 Å². The van der Waals surface area contributed by atoms with E-state index in [0.717, 1.165) is 15.7 Å². The number of rotatable bonds is 2. The minimum atomic E-state index is 0.396. The van der Waals surface area contributed by atoms with Crippen molar-refractivity contribution in [1.82, 2.24) is 19.5 Å². The molecule has 7 heteroatoms. The van der Waals surface area contributed by atoms with Crippen molar-refractivity contribution in [2.24, 2.45) is 0 Å². The number of benzene rings is 1. The van der Waals surface area contributed by atoms with E-state index in [9.17, 15) is 0 Å². The van der Waals surface area contributed by atoms with Crippen LogP contribution in [0.2, 0.25) is 5.02 Å². The average molecular weight is 376 g/mol. The SMILES string of the molecule is Clc1ccc2ncc(-c3nc(-c4ccc(Br)cc4)no3)n2c1. The van der Waals surface area contributed by atoms with Gasteiger partial charge in [-0.05, 0) is 36.4 Å². The number of fused-ring (bicyclic) bond motifs is 1. The monoisotopic (exact) mass is 374 g/mol. The van der Waals surface area contributed by atoms with Crippen LogP contribution in [0, 0.1) is 0 Å². The smallest absolute Gasteiger partial charge is 0.276 e. The first-order valence-corrected chi connectivity index (χ1v) is 7.60. The predicted molar refractivity (Wildman–Crippen MR) is 86.6 cm³/mol. The minimum absolute atomic E-state index is 0.396. The molecule has 0 saturated carbocycles. The van der Waals surface area contributed by atoms with Gasteiger partial charge in [-0.25, -0.2) is 4.98 Å². The summed E-state index contributed by atoms with van der Waals surface area (Å²) in [6.45, 7) is 0. The lowest BCUT2D eigenvalue weighted by molar-refractivity contribution is 0.430. The van der Waals surface area contributed by atoms with Gasteiger partial charge in [-0.2, -0.15) is 4.98 Å². The summed E-state index contributed by atoms with van der Waals surface area (Å²) in [6.07, 6.45) is 3.45. The zero-order chi connectivity index (χ0) is 15.1. The summed E-state index contributed by atoms with van der Waals surface area (Å²) in [5.74, 6) is 0.923. The van der Waals surface area contributed by atoms with Crippen molar-refractivity contribution in [3.63, 3.8) is 0 Å². The largest absolute Gasteiger partial charge is 0.332 e. The Morgan fingerprint density at radius 2 is 1.91 bits per heavy atom. The van der Waals surface area contributed by atoms with E-state index in [1.807, 2.05) is 34.7 Å². The van der Waals surface area contributed by atoms with Gasteiger partial charge in [0.1, 0.15) is 11.3 Å². The van der Waals surface area contributed by atoms with Crippen LogP contribution >= 0.6 is 27.5 Å². The van der Waals surface area contributed by atoms with Gasteiger partial charge >= 0.3 is 0 Å². The molecule has 0 bridgehead atoms. The molecule has 0 radical (unpaired) electrons. The molecule has 0 fully saturated rings. The van der Waals surface area contributed by atoms with Gasteiger partial charge in [0.25, 0.3) is 5.89 Å². The number of nitrogens with zero attached hydrogens (tertiary/aromatic N) is 4. The highest BCUT2D eigenvalue weighted by Crippen LogP contribution is 2.25. The highest BCUT2D eigenvalue weighted by atomic mass is 79.9. The van der Waals surface area contributed by atoms with E-state index < -0.39 is 0 Å². The van der Waals surface area contributed by atoms with Gasteiger partial charge in [0, 0.05) is 16.2 Å². The molecule has 108 valence electrons. The molecule has 5 nitrogen and oxygen atoms in total. The summed E-state index contributed by atoms with van der Waals surface area (Å²) < 4.78 is 8.18. The molecule has 0 aliphatic carbocycles. The van der Waals surface area contributed by atoms with E-state index in [1.54, 1.807) is 18.5 Å². The summed E-state index contributed by atoms with van der Waals surface area (Å²) in [4.78, 5) is 8.74. The summed E-state index contributed by atoms with van der Waals surface area (Å²) in [5.41, 5.74) is 2.35. The Balaban J connectivity index is 1.80. The summed E-state index contributed by atoms with van der Waals surface area (Å²) in [7, 11) is 0. The quantitative estimate of drug-likeness (QED) is 0.519. The van der Waals surface area contributed by atoms with Crippen LogP contribution in [0.15, 0.2) is 57.8 Å². The molecule has 4 rings (SSSR count). The second-order valence-corrected chi connectivity index (χ2v) is 6.00. The van der Waals surface area contributed by atoms with E-state index in [-0.39, 0.29) is 0 Å². The average Bonchev–Trinajstić information content (AvgIpc) is 3.14. The van der Waals surface area contributed by atoms with Crippen LogP contribution in [0.3, 0.4) is 0 Å². The zero-order valence-electron chi connectivity index (χ0n) is 11.1. The maximum absolute atomic E-state index is 6.03. The minimum Gasteiger partial charge on any atom is -0.332 e. The molecule has 0 N–H and O–H groups in total. The van der Waals surface area contributed by atoms with Crippen LogP contribution in [0.25, 0.3) is 28.6 Å². The summed E-state index contributed by atoms with van der Waals surface area (Å²) >= 11 is 9.43. The standard InChI is InChI=1S/C15H8BrClN4O/c16-10-3-1-9(2-4-10)14-19-15(22-20-14)12-7-18-13-6-5-11(17)8-21(12)13/h1-8H. The highest BCUT2D eigenvalue weighted by Gasteiger charge is 2.14. The van der Waals surface area contributed by atoms with Crippen molar-refractivity contribution in [3.05, 3.63) is 58.3 Å². The van der Waals surface area contributed by atoms with Crippen LogP contribution < -0.4 is 0 Å². The van der Waals surface area contributed by atoms with Crippen molar-refractivity contribution < 1.29 is 4.52 Å². The maximum Gasteiger partial charge on any atom is 0.276 e. The molecule has 0 saturated heterocycles. The highest BCUT2D eigenvalue weighted by molar-refractivity contribution is 9.10. The fourth-order valence-corrected chi connectivity index (χ4v) is 2.58. The fourth-order valence-electron chi connectivity index (χ4n) is 2.16. The molecule has 0 unspecified atom stereocenters. The molecule has 0 atom stereocenters. The van der Waals surface area contributed by atoms with Crippen LogP contribution in [0.5, 0.6) is 0 Å². The van der Waals surface area contributed by atoms with Gasteiger partial charge in [-0.1, -0.05) is 32.7 Å². The number of aromatic nitrogens is 4. The Morgan fingerprint density at radius 1 is 1.09 bits per heavy atom. The number of pyridine rings is 1. The van der Waals surface area contributed by atoms with Crippen molar-refractivity contribution in [3.8, 4) is 23.0 Å².